The van der Waals surface area contributed by atoms with E-state index in [1.165, 1.54) is 81.9 Å². The highest BCUT2D eigenvalue weighted by Gasteiger charge is 2.61. The van der Waals surface area contributed by atoms with Crippen LogP contribution in [0.15, 0.2) is 170 Å². The molecule has 260 valence electrons. The zero-order chi connectivity index (χ0) is 35.4. The molecule has 4 fully saturated rings. The summed E-state index contributed by atoms with van der Waals surface area (Å²) in [6.45, 7) is 0. The third-order valence-corrected chi connectivity index (χ3v) is 14.0. The Morgan fingerprint density at radius 2 is 1.00 bits per heavy atom. The maximum atomic E-state index is 2.55. The second kappa shape index (κ2) is 11.6. The molecule has 8 aromatic rings. The van der Waals surface area contributed by atoms with Gasteiger partial charge in [-0.1, -0.05) is 115 Å². The lowest BCUT2D eigenvalue weighted by Gasteiger charge is -2.61. The minimum Gasteiger partial charge on any atom is -0.310 e. The molecule has 4 saturated carbocycles. The van der Waals surface area contributed by atoms with Gasteiger partial charge in [0.05, 0.1) is 11.0 Å². The number of rotatable bonds is 5. The van der Waals surface area contributed by atoms with Crippen LogP contribution in [-0.2, 0) is 5.41 Å². The van der Waals surface area contributed by atoms with Crippen molar-refractivity contribution in [2.24, 2.45) is 23.7 Å². The Balaban J connectivity index is 1.05. The molecule has 7 aromatic carbocycles. The number of aromatic nitrogens is 1. The van der Waals surface area contributed by atoms with Crippen LogP contribution in [0.25, 0.3) is 49.7 Å². The molecule has 54 heavy (non-hydrogen) atoms. The molecule has 13 rings (SSSR count). The molecular weight excluding hydrogens is 653 g/mol. The van der Waals surface area contributed by atoms with Gasteiger partial charge >= 0.3 is 0 Å². The monoisotopic (exact) mass is 694 g/mol. The maximum absolute atomic E-state index is 2.55. The van der Waals surface area contributed by atoms with Crippen LogP contribution in [0.1, 0.15) is 43.2 Å². The van der Waals surface area contributed by atoms with E-state index in [0.717, 1.165) is 40.7 Å². The fourth-order valence-electron chi connectivity index (χ4n) is 12.1. The van der Waals surface area contributed by atoms with E-state index in [2.05, 4.69) is 179 Å². The van der Waals surface area contributed by atoms with Gasteiger partial charge < -0.3 is 9.47 Å². The summed E-state index contributed by atoms with van der Waals surface area (Å²) in [6.07, 6.45) is 7.08. The van der Waals surface area contributed by atoms with E-state index in [4.69, 9.17) is 0 Å². The highest BCUT2D eigenvalue weighted by molar-refractivity contribution is 6.09. The van der Waals surface area contributed by atoms with Gasteiger partial charge in [-0.3, -0.25) is 0 Å². The molecular formula is C52H42N2. The van der Waals surface area contributed by atoms with Crippen molar-refractivity contribution in [3.8, 4) is 27.9 Å². The zero-order valence-corrected chi connectivity index (χ0v) is 30.4. The molecule has 1 spiro atoms. The van der Waals surface area contributed by atoms with Crippen molar-refractivity contribution in [1.82, 2.24) is 4.57 Å². The van der Waals surface area contributed by atoms with E-state index in [1.54, 1.807) is 11.1 Å². The molecule has 0 aliphatic heterocycles. The van der Waals surface area contributed by atoms with Gasteiger partial charge in [-0.2, -0.15) is 0 Å². The van der Waals surface area contributed by atoms with Gasteiger partial charge in [-0.05, 0) is 144 Å². The molecule has 2 nitrogen and oxygen atoms in total. The van der Waals surface area contributed by atoms with Crippen molar-refractivity contribution < 1.29 is 0 Å². The number of anilines is 3. The summed E-state index contributed by atoms with van der Waals surface area (Å²) in [5.74, 6) is 3.38. The van der Waals surface area contributed by atoms with Crippen LogP contribution >= 0.6 is 0 Å². The third kappa shape index (κ3) is 4.28. The quantitative estimate of drug-likeness (QED) is 0.174. The Labute approximate surface area is 317 Å². The Morgan fingerprint density at radius 1 is 0.426 bits per heavy atom. The normalized spacial score (nSPS) is 23.3. The Kier molecular flexibility index (Phi) is 6.55. The molecule has 0 atom stereocenters. The van der Waals surface area contributed by atoms with Crippen molar-refractivity contribution in [3.63, 3.8) is 0 Å². The molecule has 0 radical (unpaired) electrons. The topological polar surface area (TPSA) is 8.17 Å². The summed E-state index contributed by atoms with van der Waals surface area (Å²) in [6, 6.07) is 63.6. The van der Waals surface area contributed by atoms with Crippen LogP contribution in [-0.4, -0.2) is 4.57 Å². The molecule has 5 aliphatic rings. The Bertz CT molecular complexity index is 2650. The fourth-order valence-corrected chi connectivity index (χ4v) is 12.1. The highest BCUT2D eigenvalue weighted by atomic mass is 15.1. The number of benzene rings is 7. The summed E-state index contributed by atoms with van der Waals surface area (Å²) in [4.78, 5) is 2.48. The average molecular weight is 695 g/mol. The summed E-state index contributed by atoms with van der Waals surface area (Å²) < 4.78 is 2.43. The fraction of sp³-hybridized carbons (Fsp3) is 0.192. The number of fused-ring (bicyclic) bond motifs is 6. The summed E-state index contributed by atoms with van der Waals surface area (Å²) in [5.41, 5.74) is 15.9. The second-order valence-corrected chi connectivity index (χ2v) is 16.6. The van der Waals surface area contributed by atoms with Crippen LogP contribution in [0, 0.1) is 23.7 Å². The van der Waals surface area contributed by atoms with Crippen LogP contribution in [0.3, 0.4) is 0 Å². The standard InChI is InChI=1S/C52H42N2/c1-2-11-36(12-3-1)37-21-23-40(24-22-37)53(41-13-10-14-42(32-41)54-50-19-8-5-16-45(50)46-17-6-9-20-51(46)54)43-25-26-49-47(33-43)44-15-4-7-18-48(44)52(49)38-28-34-27-35(30-38)31-39(52)29-34/h1-26,32-35,38-39H,27-31H2. The Hall–Kier alpha value is -5.86. The number of para-hydroxylation sites is 2. The van der Waals surface area contributed by atoms with Crippen molar-refractivity contribution in [2.75, 3.05) is 4.90 Å². The molecule has 0 N–H and O–H groups in total. The average Bonchev–Trinajstić information content (AvgIpc) is 3.71. The van der Waals surface area contributed by atoms with Gasteiger partial charge in [-0.15, -0.1) is 0 Å². The van der Waals surface area contributed by atoms with E-state index < -0.39 is 0 Å². The lowest BCUT2D eigenvalue weighted by atomic mass is 9.43. The highest BCUT2D eigenvalue weighted by Crippen LogP contribution is 2.69. The smallest absolute Gasteiger partial charge is 0.0541 e. The largest absolute Gasteiger partial charge is 0.310 e. The van der Waals surface area contributed by atoms with E-state index in [0.29, 0.717) is 0 Å². The van der Waals surface area contributed by atoms with Crippen molar-refractivity contribution >= 4 is 38.9 Å². The van der Waals surface area contributed by atoms with Gasteiger partial charge in [0.25, 0.3) is 0 Å². The molecule has 1 heterocycles. The van der Waals surface area contributed by atoms with Gasteiger partial charge in [-0.25, -0.2) is 0 Å². The molecule has 4 bridgehead atoms. The lowest BCUT2D eigenvalue weighted by molar-refractivity contribution is -0.0399. The maximum Gasteiger partial charge on any atom is 0.0541 e. The van der Waals surface area contributed by atoms with E-state index >= 15 is 0 Å². The minimum atomic E-state index is 0.163. The van der Waals surface area contributed by atoms with Gasteiger partial charge in [0.15, 0.2) is 0 Å². The summed E-state index contributed by atoms with van der Waals surface area (Å²) >= 11 is 0. The molecule has 2 heteroatoms. The first-order chi connectivity index (χ1) is 26.7. The van der Waals surface area contributed by atoms with Gasteiger partial charge in [0.1, 0.15) is 0 Å². The SMILES string of the molecule is c1ccc(-c2ccc(N(c3cccc(-n4c5ccccc5c5ccccc54)c3)c3ccc4c(c3)-c3ccccc3C43C4CC5CC(C4)CC3C5)cc2)cc1. The predicted molar refractivity (Wildman–Crippen MR) is 224 cm³/mol. The number of nitrogens with zero attached hydrogens (tertiary/aromatic N) is 2. The van der Waals surface area contributed by atoms with E-state index in [-0.39, 0.29) is 5.41 Å². The first-order valence-corrected chi connectivity index (χ1v) is 20.0. The van der Waals surface area contributed by atoms with Crippen LogP contribution < -0.4 is 4.90 Å². The van der Waals surface area contributed by atoms with Gasteiger partial charge in [0.2, 0.25) is 0 Å². The van der Waals surface area contributed by atoms with Crippen molar-refractivity contribution in [2.45, 2.75) is 37.5 Å². The predicted octanol–water partition coefficient (Wildman–Crippen LogP) is 13.6. The van der Waals surface area contributed by atoms with Crippen LogP contribution in [0.2, 0.25) is 0 Å². The van der Waals surface area contributed by atoms with Crippen molar-refractivity contribution in [3.05, 3.63) is 181 Å². The zero-order valence-electron chi connectivity index (χ0n) is 30.4. The van der Waals surface area contributed by atoms with Crippen LogP contribution in [0.5, 0.6) is 0 Å². The molecule has 0 unspecified atom stereocenters. The molecule has 5 aliphatic carbocycles. The number of hydrogen-bond acceptors (Lipinski definition) is 1. The first-order valence-electron chi connectivity index (χ1n) is 20.0. The number of hydrogen-bond donors (Lipinski definition) is 0. The summed E-state index contributed by atoms with van der Waals surface area (Å²) in [7, 11) is 0. The van der Waals surface area contributed by atoms with E-state index in [9.17, 15) is 0 Å². The van der Waals surface area contributed by atoms with Gasteiger partial charge in [0, 0.05) is 38.9 Å². The Morgan fingerprint density at radius 3 is 1.72 bits per heavy atom. The lowest BCUT2D eigenvalue weighted by Crippen LogP contribution is -2.55. The molecule has 0 saturated heterocycles. The third-order valence-electron chi connectivity index (χ3n) is 14.0. The molecule has 1 aromatic heterocycles. The second-order valence-electron chi connectivity index (χ2n) is 16.6. The van der Waals surface area contributed by atoms with Crippen molar-refractivity contribution in [1.29, 1.82) is 0 Å². The van der Waals surface area contributed by atoms with E-state index in [1.807, 2.05) is 0 Å². The molecule has 0 amide bonds. The summed E-state index contributed by atoms with van der Waals surface area (Å²) in [5, 5.41) is 2.56. The van der Waals surface area contributed by atoms with Crippen LogP contribution in [0.4, 0.5) is 17.1 Å². The minimum absolute atomic E-state index is 0.163. The first kappa shape index (κ1) is 30.6.